The second-order valence-electron chi connectivity index (χ2n) is 3.38. The lowest BCUT2D eigenvalue weighted by Gasteiger charge is -2.19. The molecule has 1 unspecified atom stereocenters. The fourth-order valence-electron chi connectivity index (χ4n) is 1.08. The molecule has 1 atom stereocenters. The molecule has 1 aromatic carbocycles. The Morgan fingerprint density at radius 2 is 2.06 bits per heavy atom. The fourth-order valence-corrected chi connectivity index (χ4v) is 1.64. The minimum atomic E-state index is -4.57. The third-order valence-corrected chi connectivity index (χ3v) is 2.94. The van der Waals surface area contributed by atoms with Crippen molar-refractivity contribution in [3.8, 4) is 5.75 Å². The molecular weight excluding hydrogens is 338 g/mol. The largest absolute Gasteiger partial charge is 0.492 e. The minimum Gasteiger partial charge on any atom is -0.492 e. The molecule has 1 aromatic rings. The summed E-state index contributed by atoms with van der Waals surface area (Å²) in [5, 5.41) is 0. The van der Waals surface area contributed by atoms with Crippen LogP contribution < -0.4 is 10.5 Å². The van der Waals surface area contributed by atoms with E-state index in [1.165, 1.54) is 12.1 Å². The lowest BCUT2D eigenvalue weighted by molar-refractivity contribution is -0.161. The number of benzene rings is 1. The van der Waals surface area contributed by atoms with Gasteiger partial charge in [0.1, 0.15) is 24.1 Å². The summed E-state index contributed by atoms with van der Waals surface area (Å²) in [6.07, 6.45) is -4.57. The van der Waals surface area contributed by atoms with Gasteiger partial charge < -0.3 is 10.5 Å². The molecule has 2 N–H and O–H groups in total. The van der Waals surface area contributed by atoms with Crippen molar-refractivity contribution in [1.29, 1.82) is 0 Å². The first-order chi connectivity index (χ1) is 8.21. The van der Waals surface area contributed by atoms with Crippen molar-refractivity contribution in [2.24, 2.45) is 11.7 Å². The fraction of sp³-hybridized carbons (Fsp3) is 0.300. The molecule has 0 aromatic heterocycles. The van der Waals surface area contributed by atoms with Crippen LogP contribution in [0.15, 0.2) is 22.7 Å². The standard InChI is InChI=1S/C10H8BrF4NOS/c11-7-3-5(1-2-8(7)12)17-4-6(9(16)18)10(13,14)15/h1-3,6H,4H2,(H2,16,18). The SMILES string of the molecule is NC(=S)C(COc1ccc(F)c(Br)c1)C(F)(F)F. The third kappa shape index (κ3) is 4.09. The van der Waals surface area contributed by atoms with Crippen molar-refractivity contribution in [1.82, 2.24) is 0 Å². The number of alkyl halides is 3. The first kappa shape index (κ1) is 15.2. The van der Waals surface area contributed by atoms with Crippen LogP contribution in [0.1, 0.15) is 0 Å². The van der Waals surface area contributed by atoms with Gasteiger partial charge in [0.05, 0.1) is 9.46 Å². The molecule has 0 aliphatic carbocycles. The zero-order valence-corrected chi connectivity index (χ0v) is 11.2. The molecule has 18 heavy (non-hydrogen) atoms. The number of nitrogens with two attached hydrogens (primary N) is 1. The summed E-state index contributed by atoms with van der Waals surface area (Å²) >= 11 is 7.23. The van der Waals surface area contributed by atoms with Crippen LogP contribution in [-0.4, -0.2) is 17.8 Å². The molecule has 1 rings (SSSR count). The van der Waals surface area contributed by atoms with E-state index in [1.807, 2.05) is 0 Å². The third-order valence-electron chi connectivity index (χ3n) is 2.05. The summed E-state index contributed by atoms with van der Waals surface area (Å²) in [7, 11) is 0. The van der Waals surface area contributed by atoms with E-state index in [1.54, 1.807) is 0 Å². The van der Waals surface area contributed by atoms with Gasteiger partial charge in [-0.05, 0) is 34.1 Å². The molecule has 100 valence electrons. The van der Waals surface area contributed by atoms with E-state index >= 15 is 0 Å². The van der Waals surface area contributed by atoms with Crippen LogP contribution in [-0.2, 0) is 0 Å². The van der Waals surface area contributed by atoms with E-state index in [4.69, 9.17) is 10.5 Å². The molecule has 0 bridgehead atoms. The molecule has 0 fully saturated rings. The predicted molar refractivity (Wildman–Crippen MR) is 65.9 cm³/mol. The molecule has 0 amide bonds. The van der Waals surface area contributed by atoms with Crippen molar-refractivity contribution >= 4 is 33.1 Å². The van der Waals surface area contributed by atoms with E-state index in [0.717, 1.165) is 6.07 Å². The van der Waals surface area contributed by atoms with Crippen LogP contribution in [0, 0.1) is 11.7 Å². The van der Waals surface area contributed by atoms with Crippen molar-refractivity contribution in [2.45, 2.75) is 6.18 Å². The Bertz CT molecular complexity index is 452. The van der Waals surface area contributed by atoms with Crippen LogP contribution >= 0.6 is 28.1 Å². The first-order valence-corrected chi connectivity index (χ1v) is 5.86. The molecular formula is C10H8BrF4NOS. The zero-order chi connectivity index (χ0) is 13.9. The summed E-state index contributed by atoms with van der Waals surface area (Å²) in [6.45, 7) is -0.739. The van der Waals surface area contributed by atoms with Crippen molar-refractivity contribution in [2.75, 3.05) is 6.61 Å². The zero-order valence-electron chi connectivity index (χ0n) is 8.80. The summed E-state index contributed by atoms with van der Waals surface area (Å²) in [5.74, 6) is -2.48. The van der Waals surface area contributed by atoms with Crippen LogP contribution in [0.25, 0.3) is 0 Å². The normalized spacial score (nSPS) is 13.2. The van der Waals surface area contributed by atoms with Gasteiger partial charge in [-0.15, -0.1) is 0 Å². The van der Waals surface area contributed by atoms with Gasteiger partial charge in [-0.2, -0.15) is 13.2 Å². The number of halogens is 5. The average Bonchev–Trinajstić information content (AvgIpc) is 2.21. The Hall–Kier alpha value is -0.890. The summed E-state index contributed by atoms with van der Waals surface area (Å²) in [5.41, 5.74) is 5.00. The van der Waals surface area contributed by atoms with Crippen LogP contribution in [0.3, 0.4) is 0 Å². The summed E-state index contributed by atoms with van der Waals surface area (Å²) in [4.78, 5) is -0.691. The number of hydrogen-bond acceptors (Lipinski definition) is 2. The molecule has 0 heterocycles. The van der Waals surface area contributed by atoms with Crippen LogP contribution in [0.4, 0.5) is 17.6 Å². The maximum absolute atomic E-state index is 12.9. The van der Waals surface area contributed by atoms with Gasteiger partial charge >= 0.3 is 6.18 Å². The van der Waals surface area contributed by atoms with Gasteiger partial charge in [-0.3, -0.25) is 0 Å². The van der Waals surface area contributed by atoms with E-state index in [-0.39, 0.29) is 10.2 Å². The number of hydrogen-bond donors (Lipinski definition) is 1. The molecule has 0 saturated carbocycles. The minimum absolute atomic E-state index is 0.0915. The Morgan fingerprint density at radius 1 is 1.44 bits per heavy atom. The first-order valence-electron chi connectivity index (χ1n) is 4.65. The van der Waals surface area contributed by atoms with Crippen molar-refractivity contribution in [3.05, 3.63) is 28.5 Å². The number of ether oxygens (including phenoxy) is 1. The Morgan fingerprint density at radius 3 is 2.50 bits per heavy atom. The molecule has 2 nitrogen and oxygen atoms in total. The molecule has 0 aliphatic rings. The topological polar surface area (TPSA) is 35.2 Å². The highest BCUT2D eigenvalue weighted by Crippen LogP contribution is 2.28. The lowest BCUT2D eigenvalue weighted by Crippen LogP contribution is -2.38. The number of thiocarbonyl (C=S) groups is 1. The van der Waals surface area contributed by atoms with Gasteiger partial charge in [0.25, 0.3) is 0 Å². The van der Waals surface area contributed by atoms with Crippen molar-refractivity contribution in [3.63, 3.8) is 0 Å². The number of rotatable bonds is 4. The molecule has 0 spiro atoms. The molecule has 0 aliphatic heterocycles. The maximum Gasteiger partial charge on any atom is 0.401 e. The molecule has 8 heteroatoms. The van der Waals surface area contributed by atoms with Crippen LogP contribution in [0.2, 0.25) is 0 Å². The summed E-state index contributed by atoms with van der Waals surface area (Å²) in [6, 6.07) is 3.51. The van der Waals surface area contributed by atoms with E-state index in [0.29, 0.717) is 0 Å². The molecule has 0 radical (unpaired) electrons. The van der Waals surface area contributed by atoms with Crippen molar-refractivity contribution < 1.29 is 22.3 Å². The smallest absolute Gasteiger partial charge is 0.401 e. The van der Waals surface area contributed by atoms with Gasteiger partial charge in [0.2, 0.25) is 0 Å². The van der Waals surface area contributed by atoms with E-state index < -0.39 is 29.5 Å². The predicted octanol–water partition coefficient (Wildman–Crippen LogP) is 3.43. The second kappa shape index (κ2) is 5.83. The highest BCUT2D eigenvalue weighted by molar-refractivity contribution is 9.10. The highest BCUT2D eigenvalue weighted by atomic mass is 79.9. The van der Waals surface area contributed by atoms with Gasteiger partial charge in [0, 0.05) is 0 Å². The van der Waals surface area contributed by atoms with E-state index in [9.17, 15) is 17.6 Å². The quantitative estimate of drug-likeness (QED) is 0.670. The average molecular weight is 346 g/mol. The highest BCUT2D eigenvalue weighted by Gasteiger charge is 2.42. The Kier molecular flexibility index (Phi) is 4.92. The Balaban J connectivity index is 2.73. The van der Waals surface area contributed by atoms with Gasteiger partial charge in [-0.1, -0.05) is 12.2 Å². The lowest BCUT2D eigenvalue weighted by atomic mass is 10.1. The maximum atomic E-state index is 12.9. The molecule has 0 saturated heterocycles. The monoisotopic (exact) mass is 345 g/mol. The van der Waals surface area contributed by atoms with E-state index in [2.05, 4.69) is 28.1 Å². The van der Waals surface area contributed by atoms with Gasteiger partial charge in [-0.25, -0.2) is 4.39 Å². The summed E-state index contributed by atoms with van der Waals surface area (Å²) < 4.78 is 55.4. The van der Waals surface area contributed by atoms with Gasteiger partial charge in [0.15, 0.2) is 0 Å². The second-order valence-corrected chi connectivity index (χ2v) is 4.71. The Labute approximate surface area is 114 Å². The van der Waals surface area contributed by atoms with Crippen LogP contribution in [0.5, 0.6) is 5.75 Å².